The van der Waals surface area contributed by atoms with E-state index in [1.54, 1.807) is 0 Å². The number of benzene rings is 1. The van der Waals surface area contributed by atoms with Crippen molar-refractivity contribution in [3.05, 3.63) is 33.4 Å². The molecule has 0 aliphatic carbocycles. The minimum Gasteiger partial charge on any atom is -0.390 e. The molecule has 1 N–H and O–H groups in total. The number of aliphatic hydroxyl groups is 1. The Labute approximate surface area is 106 Å². The van der Waals surface area contributed by atoms with Gasteiger partial charge in [0.05, 0.1) is 5.60 Å². The third-order valence-corrected chi connectivity index (χ3v) is 3.54. The summed E-state index contributed by atoms with van der Waals surface area (Å²) in [6.07, 6.45) is 3.52. The zero-order chi connectivity index (χ0) is 11.3. The summed E-state index contributed by atoms with van der Waals surface area (Å²) in [6, 6.07) is 8.41. The quantitative estimate of drug-likeness (QED) is 0.819. The molecule has 1 rings (SSSR count). The Morgan fingerprint density at radius 2 is 1.80 bits per heavy atom. The zero-order valence-electron chi connectivity index (χ0n) is 9.46. The van der Waals surface area contributed by atoms with Crippen molar-refractivity contribution in [2.45, 2.75) is 45.1 Å². The van der Waals surface area contributed by atoms with Gasteiger partial charge in [0.2, 0.25) is 0 Å². The molecule has 0 amide bonds. The number of rotatable bonds is 5. The molecule has 1 atom stereocenters. The smallest absolute Gasteiger partial charge is 0.0685 e. The minimum absolute atomic E-state index is 0.512. The van der Waals surface area contributed by atoms with E-state index < -0.39 is 5.60 Å². The van der Waals surface area contributed by atoms with Gasteiger partial charge in [0.15, 0.2) is 0 Å². The first kappa shape index (κ1) is 13.0. The van der Waals surface area contributed by atoms with Crippen LogP contribution in [-0.2, 0) is 6.42 Å². The first-order valence-corrected chi connectivity index (χ1v) is 6.64. The average Bonchev–Trinajstić information content (AvgIpc) is 2.22. The first-order valence-electron chi connectivity index (χ1n) is 5.56. The Hall–Kier alpha value is -0.0900. The maximum atomic E-state index is 10.3. The van der Waals surface area contributed by atoms with E-state index in [-0.39, 0.29) is 0 Å². The van der Waals surface area contributed by atoms with E-state index in [1.165, 1.54) is 9.13 Å². The van der Waals surface area contributed by atoms with Crippen LogP contribution < -0.4 is 0 Å². The van der Waals surface area contributed by atoms with E-state index in [9.17, 15) is 5.11 Å². The summed E-state index contributed by atoms with van der Waals surface area (Å²) >= 11 is 2.30. The van der Waals surface area contributed by atoms with Gasteiger partial charge in [-0.3, -0.25) is 0 Å². The molecule has 0 saturated carbocycles. The van der Waals surface area contributed by atoms with Crippen LogP contribution in [-0.4, -0.2) is 10.7 Å². The largest absolute Gasteiger partial charge is 0.390 e. The van der Waals surface area contributed by atoms with Gasteiger partial charge in [-0.1, -0.05) is 32.4 Å². The average molecular weight is 318 g/mol. The summed E-state index contributed by atoms with van der Waals surface area (Å²) in [5.74, 6) is 0. The molecule has 2 heteroatoms. The predicted octanol–water partition coefficient (Wildman–Crippen LogP) is 3.77. The molecule has 0 aromatic heterocycles. The highest BCUT2D eigenvalue weighted by molar-refractivity contribution is 14.1. The van der Waals surface area contributed by atoms with Crippen molar-refractivity contribution in [1.82, 2.24) is 0 Å². The molecule has 0 spiro atoms. The van der Waals surface area contributed by atoms with E-state index in [4.69, 9.17) is 0 Å². The molecular weight excluding hydrogens is 299 g/mol. The van der Waals surface area contributed by atoms with Crippen molar-refractivity contribution < 1.29 is 5.11 Å². The van der Waals surface area contributed by atoms with Gasteiger partial charge >= 0.3 is 0 Å². The molecule has 0 heterocycles. The lowest BCUT2D eigenvalue weighted by atomic mass is 9.88. The second kappa shape index (κ2) is 5.85. The van der Waals surface area contributed by atoms with E-state index in [1.807, 2.05) is 0 Å². The van der Waals surface area contributed by atoms with E-state index in [2.05, 4.69) is 60.7 Å². The maximum absolute atomic E-state index is 10.3. The molecule has 1 aromatic rings. The van der Waals surface area contributed by atoms with E-state index >= 15 is 0 Å². The fourth-order valence-corrected chi connectivity index (χ4v) is 2.20. The number of hydrogen-bond donors (Lipinski definition) is 1. The Morgan fingerprint density at radius 1 is 1.20 bits per heavy atom. The molecule has 1 unspecified atom stereocenters. The van der Waals surface area contributed by atoms with Gasteiger partial charge in [-0.25, -0.2) is 0 Å². The van der Waals surface area contributed by atoms with E-state index in [0.717, 1.165) is 25.7 Å². The van der Waals surface area contributed by atoms with Gasteiger partial charge in [0.25, 0.3) is 0 Å². The molecule has 0 radical (unpaired) electrons. The minimum atomic E-state index is -0.512. The first-order chi connectivity index (χ1) is 7.09. The Balaban J connectivity index is 2.70. The second-order valence-corrected chi connectivity index (χ2v) is 5.38. The molecule has 84 valence electrons. The molecule has 1 nitrogen and oxygen atoms in total. The zero-order valence-corrected chi connectivity index (χ0v) is 11.6. The fourth-order valence-electron chi connectivity index (χ4n) is 1.84. The topological polar surface area (TPSA) is 20.2 Å². The molecular formula is C13H19IO. The van der Waals surface area contributed by atoms with Crippen molar-refractivity contribution in [3.8, 4) is 0 Å². The van der Waals surface area contributed by atoms with Crippen molar-refractivity contribution in [2.75, 3.05) is 0 Å². The summed E-state index contributed by atoms with van der Waals surface area (Å²) in [6.45, 7) is 4.18. The molecule has 0 bridgehead atoms. The second-order valence-electron chi connectivity index (χ2n) is 4.13. The molecule has 0 aliphatic heterocycles. The highest BCUT2D eigenvalue weighted by Crippen LogP contribution is 2.23. The van der Waals surface area contributed by atoms with E-state index in [0.29, 0.717) is 0 Å². The summed E-state index contributed by atoms with van der Waals surface area (Å²) in [4.78, 5) is 0. The highest BCUT2D eigenvalue weighted by atomic mass is 127. The Morgan fingerprint density at radius 3 is 2.27 bits per heavy atom. The van der Waals surface area contributed by atoms with Crippen molar-refractivity contribution in [3.63, 3.8) is 0 Å². The van der Waals surface area contributed by atoms with Crippen LogP contribution in [0, 0.1) is 3.57 Å². The van der Waals surface area contributed by atoms with Gasteiger partial charge in [0, 0.05) is 9.99 Å². The molecule has 1 aromatic carbocycles. The highest BCUT2D eigenvalue weighted by Gasteiger charge is 2.23. The van der Waals surface area contributed by atoms with Crippen LogP contribution in [0.4, 0.5) is 0 Å². The summed E-state index contributed by atoms with van der Waals surface area (Å²) in [5.41, 5.74) is 0.717. The Kier molecular flexibility index (Phi) is 5.06. The number of halogens is 1. The summed E-state index contributed by atoms with van der Waals surface area (Å²) in [5, 5.41) is 10.3. The summed E-state index contributed by atoms with van der Waals surface area (Å²) < 4.78 is 1.24. The van der Waals surface area contributed by atoms with Crippen LogP contribution >= 0.6 is 22.6 Å². The van der Waals surface area contributed by atoms with Crippen LogP contribution in [0.1, 0.15) is 38.7 Å². The molecule has 0 fully saturated rings. The predicted molar refractivity (Wildman–Crippen MR) is 73.0 cm³/mol. The van der Waals surface area contributed by atoms with Gasteiger partial charge in [-0.2, -0.15) is 0 Å². The third-order valence-electron chi connectivity index (χ3n) is 2.82. The molecule has 0 saturated heterocycles. The normalized spacial score (nSPS) is 14.9. The Bertz CT molecular complexity index is 294. The SMILES string of the molecule is CCCC(O)(CC)Cc1ccc(I)cc1. The van der Waals surface area contributed by atoms with Crippen LogP contribution in [0.25, 0.3) is 0 Å². The maximum Gasteiger partial charge on any atom is 0.0685 e. The lowest BCUT2D eigenvalue weighted by Gasteiger charge is -2.26. The van der Waals surface area contributed by atoms with Gasteiger partial charge in [0.1, 0.15) is 0 Å². The standard InChI is InChI=1S/C13H19IO/c1-3-9-13(15,4-2)10-11-5-7-12(14)8-6-11/h5-8,15H,3-4,9-10H2,1-2H3. The van der Waals surface area contributed by atoms with Crippen LogP contribution in [0.3, 0.4) is 0 Å². The van der Waals surface area contributed by atoms with Crippen LogP contribution in [0.15, 0.2) is 24.3 Å². The van der Waals surface area contributed by atoms with Gasteiger partial charge < -0.3 is 5.11 Å². The molecule has 15 heavy (non-hydrogen) atoms. The third kappa shape index (κ3) is 4.11. The number of hydrogen-bond acceptors (Lipinski definition) is 1. The van der Waals surface area contributed by atoms with Gasteiger partial charge in [-0.15, -0.1) is 0 Å². The van der Waals surface area contributed by atoms with Gasteiger partial charge in [-0.05, 0) is 53.1 Å². The lowest BCUT2D eigenvalue weighted by Crippen LogP contribution is -2.30. The molecule has 0 aliphatic rings. The van der Waals surface area contributed by atoms with Crippen molar-refractivity contribution in [1.29, 1.82) is 0 Å². The van der Waals surface area contributed by atoms with Crippen molar-refractivity contribution >= 4 is 22.6 Å². The van der Waals surface area contributed by atoms with Crippen LogP contribution in [0.2, 0.25) is 0 Å². The fraction of sp³-hybridized carbons (Fsp3) is 0.538. The van der Waals surface area contributed by atoms with Crippen LogP contribution in [0.5, 0.6) is 0 Å². The van der Waals surface area contributed by atoms with Crippen molar-refractivity contribution in [2.24, 2.45) is 0 Å². The monoisotopic (exact) mass is 318 g/mol. The lowest BCUT2D eigenvalue weighted by molar-refractivity contribution is 0.0271. The summed E-state index contributed by atoms with van der Waals surface area (Å²) in [7, 11) is 0.